The van der Waals surface area contributed by atoms with Crippen molar-refractivity contribution in [2.24, 2.45) is 11.8 Å². The van der Waals surface area contributed by atoms with E-state index in [1.165, 1.54) is 18.4 Å². The summed E-state index contributed by atoms with van der Waals surface area (Å²) in [5, 5.41) is 0. The lowest BCUT2D eigenvalue weighted by Gasteiger charge is -2.44. The third kappa shape index (κ3) is 2.71. The van der Waals surface area contributed by atoms with Crippen molar-refractivity contribution in [3.05, 3.63) is 11.8 Å². The molecule has 4 nitrogen and oxygen atoms in total. The molecule has 1 saturated carbocycles. The van der Waals surface area contributed by atoms with E-state index in [0.29, 0.717) is 0 Å². The van der Waals surface area contributed by atoms with E-state index < -0.39 is 0 Å². The largest absolute Gasteiger partial charge is 0.501 e. The van der Waals surface area contributed by atoms with E-state index in [9.17, 15) is 0 Å². The van der Waals surface area contributed by atoms with Gasteiger partial charge in [0.25, 0.3) is 0 Å². The predicted molar refractivity (Wildman–Crippen MR) is 71.8 cm³/mol. The molecule has 2 rings (SSSR count). The number of hydrazine groups is 1. The van der Waals surface area contributed by atoms with Crippen LogP contribution in [0.1, 0.15) is 45.4 Å². The van der Waals surface area contributed by atoms with Gasteiger partial charge in [0.15, 0.2) is 0 Å². The molecule has 0 radical (unpaired) electrons. The van der Waals surface area contributed by atoms with Crippen LogP contribution in [-0.2, 0) is 9.47 Å². The Bertz CT molecular complexity index is 296. The summed E-state index contributed by atoms with van der Waals surface area (Å²) in [7, 11) is 1.81. The number of methoxy groups -OCH3 is 1. The topological polar surface area (TPSA) is 56.5 Å². The molecule has 0 bridgehead atoms. The molecule has 1 heterocycles. The van der Waals surface area contributed by atoms with Crippen molar-refractivity contribution >= 4 is 0 Å². The number of hydrogen-bond donors (Lipinski definition) is 2. The summed E-state index contributed by atoms with van der Waals surface area (Å²) in [6.07, 6.45) is 8.55. The lowest BCUT2D eigenvalue weighted by atomic mass is 9.73. The summed E-state index contributed by atoms with van der Waals surface area (Å²) in [5.74, 6) is 6.60. The first kappa shape index (κ1) is 13.8. The van der Waals surface area contributed by atoms with Crippen LogP contribution < -0.4 is 11.3 Å². The molecule has 3 N–H and O–H groups in total. The van der Waals surface area contributed by atoms with Crippen LogP contribution in [0.15, 0.2) is 11.8 Å². The van der Waals surface area contributed by atoms with Crippen LogP contribution in [0.2, 0.25) is 0 Å². The first-order valence-corrected chi connectivity index (χ1v) is 7.03. The summed E-state index contributed by atoms with van der Waals surface area (Å²) in [5.41, 5.74) is 4.07. The van der Waals surface area contributed by atoms with E-state index in [2.05, 4.69) is 12.3 Å². The van der Waals surface area contributed by atoms with Crippen LogP contribution in [-0.4, -0.2) is 25.4 Å². The monoisotopic (exact) mass is 254 g/mol. The van der Waals surface area contributed by atoms with Crippen LogP contribution in [0.4, 0.5) is 0 Å². The fraction of sp³-hybridized carbons (Fsp3) is 0.857. The van der Waals surface area contributed by atoms with Crippen molar-refractivity contribution in [1.82, 2.24) is 5.43 Å². The second kappa shape index (κ2) is 6.04. The van der Waals surface area contributed by atoms with Gasteiger partial charge in [0.05, 0.1) is 24.5 Å². The summed E-state index contributed by atoms with van der Waals surface area (Å²) >= 11 is 0. The number of ether oxygens (including phenoxy) is 2. The van der Waals surface area contributed by atoms with Crippen molar-refractivity contribution in [2.45, 2.75) is 57.1 Å². The highest BCUT2D eigenvalue weighted by atomic mass is 16.5. The average Bonchev–Trinajstić information content (AvgIpc) is 2.43. The van der Waals surface area contributed by atoms with Gasteiger partial charge in [-0.25, -0.2) is 0 Å². The quantitative estimate of drug-likeness (QED) is 0.596. The third-order valence-electron chi connectivity index (χ3n) is 4.55. The smallest absolute Gasteiger partial charge is 0.0883 e. The second-order valence-electron chi connectivity index (χ2n) is 5.72. The van der Waals surface area contributed by atoms with Gasteiger partial charge in [-0.05, 0) is 50.0 Å². The molecule has 0 aromatic heterocycles. The molecular weight excluding hydrogens is 228 g/mol. The molecule has 1 fully saturated rings. The summed E-state index contributed by atoms with van der Waals surface area (Å²) in [6.45, 7) is 3.13. The van der Waals surface area contributed by atoms with Gasteiger partial charge < -0.3 is 9.47 Å². The van der Waals surface area contributed by atoms with Crippen molar-refractivity contribution in [1.29, 1.82) is 0 Å². The van der Waals surface area contributed by atoms with Gasteiger partial charge >= 0.3 is 0 Å². The molecule has 1 unspecified atom stereocenters. The van der Waals surface area contributed by atoms with Crippen LogP contribution >= 0.6 is 0 Å². The Kier molecular flexibility index (Phi) is 4.65. The Hall–Kier alpha value is -0.580. The minimum atomic E-state index is -0.159. The molecule has 1 aliphatic heterocycles. The lowest BCUT2D eigenvalue weighted by molar-refractivity contribution is -0.0681. The highest BCUT2D eigenvalue weighted by Crippen LogP contribution is 2.39. The highest BCUT2D eigenvalue weighted by molar-refractivity contribution is 5.17. The number of nitrogens with one attached hydrogen (secondary N) is 1. The molecule has 4 heteroatoms. The van der Waals surface area contributed by atoms with Crippen LogP contribution in [0.5, 0.6) is 0 Å². The molecule has 0 saturated heterocycles. The number of nitrogens with two attached hydrogens (primary N) is 1. The Morgan fingerprint density at radius 1 is 1.50 bits per heavy atom. The Balaban J connectivity index is 2.15. The maximum Gasteiger partial charge on any atom is 0.0883 e. The zero-order valence-corrected chi connectivity index (χ0v) is 11.6. The van der Waals surface area contributed by atoms with Gasteiger partial charge in [-0.2, -0.15) is 0 Å². The fourth-order valence-corrected chi connectivity index (χ4v) is 3.26. The maximum atomic E-state index is 5.89. The predicted octanol–water partition coefficient (Wildman–Crippen LogP) is 2.11. The van der Waals surface area contributed by atoms with Crippen LogP contribution in [0.3, 0.4) is 0 Å². The zero-order valence-electron chi connectivity index (χ0n) is 11.6. The van der Waals surface area contributed by atoms with Crippen molar-refractivity contribution in [3.63, 3.8) is 0 Å². The molecule has 1 atom stereocenters. The van der Waals surface area contributed by atoms with Gasteiger partial charge in [-0.3, -0.25) is 11.3 Å². The summed E-state index contributed by atoms with van der Waals surface area (Å²) in [4.78, 5) is 0. The van der Waals surface area contributed by atoms with E-state index in [-0.39, 0.29) is 11.6 Å². The molecule has 18 heavy (non-hydrogen) atoms. The summed E-state index contributed by atoms with van der Waals surface area (Å²) in [6, 6.07) is 0.0790. The molecular formula is C14H26N2O2. The standard InChI is InChI=1S/C14H26N2O2/c1-11-5-7-14(17-2,8-6-11)13(16-15)12-4-3-9-18-10-12/h10-11,13,16H,3-9,15H2,1-2H3. The molecule has 2 aliphatic rings. The van der Waals surface area contributed by atoms with Gasteiger partial charge in [-0.15, -0.1) is 0 Å². The van der Waals surface area contributed by atoms with E-state index in [1.54, 1.807) is 0 Å². The second-order valence-corrected chi connectivity index (χ2v) is 5.72. The molecule has 0 amide bonds. The van der Waals surface area contributed by atoms with Crippen LogP contribution in [0.25, 0.3) is 0 Å². The van der Waals surface area contributed by atoms with Gasteiger partial charge in [0.1, 0.15) is 0 Å². The SMILES string of the molecule is COC1(C(NN)C2=COCCC2)CCC(C)CC1. The molecule has 0 aromatic carbocycles. The first-order chi connectivity index (χ1) is 8.72. The number of rotatable bonds is 4. The first-order valence-electron chi connectivity index (χ1n) is 7.03. The van der Waals surface area contributed by atoms with Gasteiger partial charge in [0.2, 0.25) is 0 Å². The zero-order chi connectivity index (χ0) is 13.0. The highest BCUT2D eigenvalue weighted by Gasteiger charge is 2.43. The third-order valence-corrected chi connectivity index (χ3v) is 4.55. The normalized spacial score (nSPS) is 34.6. The number of hydrogen-bond acceptors (Lipinski definition) is 4. The summed E-state index contributed by atoms with van der Waals surface area (Å²) < 4.78 is 11.3. The van der Waals surface area contributed by atoms with E-state index in [1.807, 2.05) is 13.4 Å². The van der Waals surface area contributed by atoms with E-state index >= 15 is 0 Å². The Morgan fingerprint density at radius 2 is 2.22 bits per heavy atom. The van der Waals surface area contributed by atoms with Gasteiger partial charge in [-0.1, -0.05) is 6.92 Å². The van der Waals surface area contributed by atoms with Crippen molar-refractivity contribution < 1.29 is 9.47 Å². The van der Waals surface area contributed by atoms with E-state index in [0.717, 1.165) is 38.2 Å². The minimum Gasteiger partial charge on any atom is -0.501 e. The fourth-order valence-electron chi connectivity index (χ4n) is 3.26. The average molecular weight is 254 g/mol. The van der Waals surface area contributed by atoms with Crippen molar-refractivity contribution in [3.8, 4) is 0 Å². The molecule has 1 aliphatic carbocycles. The molecule has 104 valence electrons. The minimum absolute atomic E-state index is 0.0790. The maximum absolute atomic E-state index is 5.89. The lowest BCUT2D eigenvalue weighted by Crippen LogP contribution is -2.57. The Morgan fingerprint density at radius 3 is 2.72 bits per heavy atom. The molecule has 0 aromatic rings. The van der Waals surface area contributed by atoms with Crippen LogP contribution in [0, 0.1) is 5.92 Å². The molecule has 0 spiro atoms. The van der Waals surface area contributed by atoms with Crippen molar-refractivity contribution in [2.75, 3.05) is 13.7 Å². The van der Waals surface area contributed by atoms with Gasteiger partial charge in [0, 0.05) is 7.11 Å². The Labute approximate surface area is 110 Å². The van der Waals surface area contributed by atoms with E-state index in [4.69, 9.17) is 15.3 Å².